The third-order valence-corrected chi connectivity index (χ3v) is 6.28. The molecule has 2 aliphatic rings. The first kappa shape index (κ1) is 21.0. The molecular formula is C21H17Cl2F3N2O2. The van der Waals surface area contributed by atoms with Crippen molar-refractivity contribution in [3.63, 3.8) is 0 Å². The molecule has 1 spiro atoms. The Labute approximate surface area is 180 Å². The highest BCUT2D eigenvalue weighted by molar-refractivity contribution is 6.36. The number of rotatable bonds is 2. The Hall–Kier alpha value is -2.25. The first-order valence-electron chi connectivity index (χ1n) is 9.36. The molecule has 0 aromatic heterocycles. The van der Waals surface area contributed by atoms with Crippen molar-refractivity contribution in [2.45, 2.75) is 31.0 Å². The highest BCUT2D eigenvalue weighted by atomic mass is 35.5. The highest BCUT2D eigenvalue weighted by Gasteiger charge is 2.47. The molecule has 1 saturated heterocycles. The van der Waals surface area contributed by atoms with Crippen LogP contribution in [0.3, 0.4) is 0 Å². The molecule has 2 amide bonds. The van der Waals surface area contributed by atoms with Gasteiger partial charge in [-0.2, -0.15) is 13.2 Å². The highest BCUT2D eigenvalue weighted by Crippen LogP contribution is 2.44. The summed E-state index contributed by atoms with van der Waals surface area (Å²) in [6, 6.07) is 8.24. The minimum Gasteiger partial charge on any atom is -0.342 e. The Morgan fingerprint density at radius 2 is 1.80 bits per heavy atom. The normalized spacial score (nSPS) is 17.8. The van der Waals surface area contributed by atoms with E-state index in [-0.39, 0.29) is 23.8 Å². The zero-order chi connectivity index (χ0) is 21.7. The van der Waals surface area contributed by atoms with E-state index in [1.165, 1.54) is 23.1 Å². The van der Waals surface area contributed by atoms with Crippen molar-refractivity contribution in [1.29, 1.82) is 0 Å². The maximum Gasteiger partial charge on any atom is 0.416 e. The molecule has 4 rings (SSSR count). The van der Waals surface area contributed by atoms with Crippen molar-refractivity contribution in [2.24, 2.45) is 0 Å². The number of nitrogens with zero attached hydrogens (tertiary/aromatic N) is 1. The molecule has 1 fully saturated rings. The van der Waals surface area contributed by atoms with E-state index in [0.717, 1.165) is 6.07 Å². The van der Waals surface area contributed by atoms with Crippen LogP contribution in [0.15, 0.2) is 36.4 Å². The van der Waals surface area contributed by atoms with Gasteiger partial charge in [0, 0.05) is 34.3 Å². The number of benzene rings is 2. The molecule has 2 heterocycles. The molecule has 0 saturated carbocycles. The number of nitrogens with one attached hydrogen (secondary N) is 1. The van der Waals surface area contributed by atoms with Crippen LogP contribution in [0.2, 0.25) is 10.0 Å². The van der Waals surface area contributed by atoms with Crippen molar-refractivity contribution >= 4 is 35.0 Å². The standard InChI is InChI=1S/C21H17Cl2F3N2O2/c22-13-10-14-18(16(23)11-13)20(27-19(14)30)5-7-28(8-6-20)17(29)9-12-3-1-2-4-15(12)21(24,25)26/h1-4,10-11H,5-9H2,(H,27,30). The SMILES string of the molecule is O=C1NC2(CCN(C(=O)Cc3ccccc3C(F)(F)F)CC2)c2c(Cl)cc(Cl)cc21. The van der Waals surface area contributed by atoms with Crippen LogP contribution in [-0.4, -0.2) is 29.8 Å². The van der Waals surface area contributed by atoms with Crippen molar-refractivity contribution < 1.29 is 22.8 Å². The number of carbonyl (C=O) groups excluding carboxylic acids is 2. The van der Waals surface area contributed by atoms with Crippen LogP contribution < -0.4 is 5.32 Å². The lowest BCUT2D eigenvalue weighted by molar-refractivity contribution is -0.138. The van der Waals surface area contributed by atoms with Gasteiger partial charge in [0.2, 0.25) is 5.91 Å². The van der Waals surface area contributed by atoms with Crippen LogP contribution >= 0.6 is 23.2 Å². The van der Waals surface area contributed by atoms with Gasteiger partial charge in [0.1, 0.15) is 0 Å². The lowest BCUT2D eigenvalue weighted by Gasteiger charge is -2.40. The molecular weight excluding hydrogens is 440 g/mol. The first-order chi connectivity index (χ1) is 14.1. The summed E-state index contributed by atoms with van der Waals surface area (Å²) in [5.74, 6) is -0.651. The molecule has 30 heavy (non-hydrogen) atoms. The molecule has 2 aliphatic heterocycles. The lowest BCUT2D eigenvalue weighted by Crippen LogP contribution is -2.51. The van der Waals surface area contributed by atoms with Crippen molar-refractivity contribution in [3.8, 4) is 0 Å². The molecule has 2 aromatic carbocycles. The van der Waals surface area contributed by atoms with Gasteiger partial charge in [0.25, 0.3) is 5.91 Å². The third kappa shape index (κ3) is 3.65. The molecule has 0 aliphatic carbocycles. The van der Waals surface area contributed by atoms with E-state index in [0.29, 0.717) is 47.1 Å². The number of alkyl halides is 3. The minimum atomic E-state index is -4.52. The van der Waals surface area contributed by atoms with Gasteiger partial charge in [-0.15, -0.1) is 0 Å². The van der Waals surface area contributed by atoms with Gasteiger partial charge in [0.05, 0.1) is 17.5 Å². The fourth-order valence-corrected chi connectivity index (χ4v) is 5.00. The Bertz CT molecular complexity index is 1030. The lowest BCUT2D eigenvalue weighted by atomic mass is 9.81. The van der Waals surface area contributed by atoms with Crippen molar-refractivity contribution in [3.05, 3.63) is 68.7 Å². The fraction of sp³-hybridized carbons (Fsp3) is 0.333. The number of amides is 2. The molecule has 0 radical (unpaired) electrons. The van der Waals surface area contributed by atoms with Crippen LogP contribution in [0, 0.1) is 0 Å². The number of piperidine rings is 1. The Morgan fingerprint density at radius 3 is 2.47 bits per heavy atom. The predicted octanol–water partition coefficient (Wildman–Crippen LogP) is 4.82. The average molecular weight is 457 g/mol. The van der Waals surface area contributed by atoms with Gasteiger partial charge in [-0.1, -0.05) is 41.4 Å². The van der Waals surface area contributed by atoms with E-state index in [4.69, 9.17) is 23.2 Å². The number of halogens is 5. The average Bonchev–Trinajstić information content (AvgIpc) is 2.93. The molecule has 9 heteroatoms. The molecule has 2 aromatic rings. The number of carbonyl (C=O) groups is 2. The smallest absolute Gasteiger partial charge is 0.342 e. The molecule has 4 nitrogen and oxygen atoms in total. The molecule has 1 N–H and O–H groups in total. The van der Waals surface area contributed by atoms with Crippen molar-refractivity contribution in [2.75, 3.05) is 13.1 Å². The Kier molecular flexibility index (Phi) is 5.22. The van der Waals surface area contributed by atoms with E-state index in [1.807, 2.05) is 0 Å². The molecule has 0 unspecified atom stereocenters. The summed E-state index contributed by atoms with van der Waals surface area (Å²) in [6.45, 7) is 0.595. The van der Waals surface area contributed by atoms with Gasteiger partial charge in [-0.3, -0.25) is 9.59 Å². The Balaban J connectivity index is 1.51. The van der Waals surface area contributed by atoms with Gasteiger partial charge >= 0.3 is 6.18 Å². The maximum atomic E-state index is 13.2. The van der Waals surface area contributed by atoms with Crippen molar-refractivity contribution in [1.82, 2.24) is 10.2 Å². The summed E-state index contributed by atoms with van der Waals surface area (Å²) in [5, 5.41) is 3.72. The van der Waals surface area contributed by atoms with Crippen LogP contribution in [0.1, 0.15) is 39.9 Å². The second-order valence-electron chi connectivity index (χ2n) is 7.56. The zero-order valence-electron chi connectivity index (χ0n) is 15.7. The topological polar surface area (TPSA) is 49.4 Å². The summed E-state index contributed by atoms with van der Waals surface area (Å²) in [4.78, 5) is 26.6. The van der Waals surface area contributed by atoms with Crippen LogP contribution in [-0.2, 0) is 22.9 Å². The van der Waals surface area contributed by atoms with Crippen LogP contribution in [0.25, 0.3) is 0 Å². The van der Waals surface area contributed by atoms with Gasteiger partial charge in [-0.25, -0.2) is 0 Å². The molecule has 0 bridgehead atoms. The van der Waals surface area contributed by atoms with Gasteiger partial charge in [0.15, 0.2) is 0 Å². The number of hydrogen-bond acceptors (Lipinski definition) is 2. The van der Waals surface area contributed by atoms with Gasteiger partial charge in [-0.05, 0) is 36.6 Å². The second kappa shape index (κ2) is 7.46. The maximum absolute atomic E-state index is 13.2. The Morgan fingerprint density at radius 1 is 1.13 bits per heavy atom. The number of likely N-dealkylation sites (tertiary alicyclic amines) is 1. The summed E-state index contributed by atoms with van der Waals surface area (Å²) in [6.07, 6.45) is -4.01. The summed E-state index contributed by atoms with van der Waals surface area (Å²) >= 11 is 12.4. The predicted molar refractivity (Wildman–Crippen MR) is 107 cm³/mol. The minimum absolute atomic E-state index is 0.0486. The van der Waals surface area contributed by atoms with Crippen LogP contribution in [0.4, 0.5) is 13.2 Å². The second-order valence-corrected chi connectivity index (χ2v) is 8.40. The van der Waals surface area contributed by atoms with E-state index in [1.54, 1.807) is 12.1 Å². The summed E-state index contributed by atoms with van der Waals surface area (Å²) in [5.41, 5.74) is -0.450. The summed E-state index contributed by atoms with van der Waals surface area (Å²) in [7, 11) is 0. The number of hydrogen-bond donors (Lipinski definition) is 1. The monoisotopic (exact) mass is 456 g/mol. The number of fused-ring (bicyclic) bond motifs is 2. The first-order valence-corrected chi connectivity index (χ1v) is 10.1. The van der Waals surface area contributed by atoms with E-state index in [9.17, 15) is 22.8 Å². The van der Waals surface area contributed by atoms with E-state index in [2.05, 4.69) is 5.32 Å². The van der Waals surface area contributed by atoms with E-state index >= 15 is 0 Å². The quantitative estimate of drug-likeness (QED) is 0.704. The van der Waals surface area contributed by atoms with Crippen LogP contribution in [0.5, 0.6) is 0 Å². The largest absolute Gasteiger partial charge is 0.416 e. The van der Waals surface area contributed by atoms with Gasteiger partial charge < -0.3 is 10.2 Å². The van der Waals surface area contributed by atoms with E-state index < -0.39 is 17.3 Å². The zero-order valence-corrected chi connectivity index (χ0v) is 17.2. The summed E-state index contributed by atoms with van der Waals surface area (Å²) < 4.78 is 39.6. The fourth-order valence-electron chi connectivity index (χ4n) is 4.32. The molecule has 0 atom stereocenters. The third-order valence-electron chi connectivity index (χ3n) is 5.77. The molecule has 158 valence electrons.